The summed E-state index contributed by atoms with van der Waals surface area (Å²) in [6, 6.07) is 0.502. The highest BCUT2D eigenvalue weighted by atomic mass is 35.5. The zero-order valence-electron chi connectivity index (χ0n) is 11.5. The first-order valence-electron chi connectivity index (χ1n) is 7.25. The van der Waals surface area contributed by atoms with Crippen LogP contribution in [0.5, 0.6) is 0 Å². The Bertz CT molecular complexity index is 490. The van der Waals surface area contributed by atoms with Gasteiger partial charge in [0, 0.05) is 19.1 Å². The van der Waals surface area contributed by atoms with E-state index in [9.17, 15) is 4.79 Å². The number of rotatable bonds is 2. The molecule has 6 heteroatoms. The lowest BCUT2D eigenvalue weighted by Crippen LogP contribution is -2.49. The van der Waals surface area contributed by atoms with E-state index in [4.69, 9.17) is 11.6 Å². The second kappa shape index (κ2) is 6.06. The first-order chi connectivity index (χ1) is 9.74. The maximum atomic E-state index is 12.5. The topological polar surface area (TPSA) is 49.3 Å². The maximum Gasteiger partial charge on any atom is 0.274 e. The van der Waals surface area contributed by atoms with Crippen molar-refractivity contribution in [1.29, 1.82) is 0 Å². The van der Waals surface area contributed by atoms with Crippen molar-refractivity contribution in [3.05, 3.63) is 23.2 Å². The van der Waals surface area contributed by atoms with Gasteiger partial charge in [-0.1, -0.05) is 11.6 Å². The Morgan fingerprint density at radius 2 is 2.00 bits per heavy atom. The van der Waals surface area contributed by atoms with Crippen molar-refractivity contribution < 1.29 is 4.79 Å². The summed E-state index contributed by atoms with van der Waals surface area (Å²) in [6.07, 6.45) is 7.75. The second-order valence-electron chi connectivity index (χ2n) is 5.52. The number of carbonyl (C=O) groups excluding carboxylic acids is 1. The normalized spacial score (nSPS) is 24.1. The molecule has 1 aromatic rings. The van der Waals surface area contributed by atoms with Gasteiger partial charge < -0.3 is 4.90 Å². The van der Waals surface area contributed by atoms with E-state index in [0.717, 1.165) is 19.5 Å². The van der Waals surface area contributed by atoms with Crippen LogP contribution >= 0.6 is 11.6 Å². The van der Waals surface area contributed by atoms with Crippen LogP contribution in [-0.2, 0) is 0 Å². The number of aromatic nitrogens is 2. The Kier molecular flexibility index (Phi) is 4.17. The number of hydrogen-bond acceptors (Lipinski definition) is 4. The molecule has 2 aliphatic rings. The minimum Gasteiger partial charge on any atom is -0.336 e. The van der Waals surface area contributed by atoms with E-state index >= 15 is 0 Å². The summed E-state index contributed by atoms with van der Waals surface area (Å²) in [5, 5.41) is 0.268. The Morgan fingerprint density at radius 1 is 1.20 bits per heavy atom. The van der Waals surface area contributed by atoms with Gasteiger partial charge in [0.15, 0.2) is 0 Å². The minimum atomic E-state index is -0.0519. The smallest absolute Gasteiger partial charge is 0.274 e. The van der Waals surface area contributed by atoms with Gasteiger partial charge in [-0.3, -0.25) is 14.7 Å². The molecule has 1 amide bonds. The predicted octanol–water partition coefficient (Wildman–Crippen LogP) is 1.83. The number of nitrogens with zero attached hydrogens (tertiary/aromatic N) is 4. The van der Waals surface area contributed by atoms with Crippen LogP contribution in [0, 0.1) is 0 Å². The molecule has 1 aromatic heterocycles. The van der Waals surface area contributed by atoms with E-state index in [1.54, 1.807) is 0 Å². The molecule has 0 radical (unpaired) electrons. The molecule has 2 saturated heterocycles. The summed E-state index contributed by atoms with van der Waals surface area (Å²) in [7, 11) is 0. The molecule has 108 valence electrons. The molecule has 2 fully saturated rings. The van der Waals surface area contributed by atoms with E-state index in [1.165, 1.54) is 44.7 Å². The fourth-order valence-corrected chi connectivity index (χ4v) is 3.30. The van der Waals surface area contributed by atoms with Crippen LogP contribution in [0.3, 0.4) is 0 Å². The average Bonchev–Trinajstić information content (AvgIpc) is 3.01. The molecule has 0 saturated carbocycles. The zero-order valence-corrected chi connectivity index (χ0v) is 12.2. The SMILES string of the molecule is O=C(c1cncc(Cl)n1)N1CCCC(N2CCCC2)C1. The second-order valence-corrected chi connectivity index (χ2v) is 5.90. The Morgan fingerprint density at radius 3 is 2.75 bits per heavy atom. The summed E-state index contributed by atoms with van der Waals surface area (Å²) >= 11 is 5.81. The molecule has 0 spiro atoms. The first kappa shape index (κ1) is 13.8. The van der Waals surface area contributed by atoms with Crippen LogP contribution < -0.4 is 0 Å². The highest BCUT2D eigenvalue weighted by Crippen LogP contribution is 2.21. The largest absolute Gasteiger partial charge is 0.336 e. The van der Waals surface area contributed by atoms with Crippen molar-refractivity contribution in [2.24, 2.45) is 0 Å². The van der Waals surface area contributed by atoms with Gasteiger partial charge in [-0.15, -0.1) is 0 Å². The molecule has 20 heavy (non-hydrogen) atoms. The maximum absolute atomic E-state index is 12.5. The van der Waals surface area contributed by atoms with E-state index in [-0.39, 0.29) is 11.1 Å². The first-order valence-corrected chi connectivity index (χ1v) is 7.63. The number of halogens is 1. The number of likely N-dealkylation sites (tertiary alicyclic amines) is 2. The minimum absolute atomic E-state index is 0.0519. The molecule has 2 aliphatic heterocycles. The molecule has 1 atom stereocenters. The van der Waals surface area contributed by atoms with Crippen LogP contribution in [0.25, 0.3) is 0 Å². The summed E-state index contributed by atoms with van der Waals surface area (Å²) in [6.45, 7) is 3.94. The summed E-state index contributed by atoms with van der Waals surface area (Å²) in [5.74, 6) is -0.0519. The number of carbonyl (C=O) groups is 1. The van der Waals surface area contributed by atoms with E-state index in [1.807, 2.05) is 4.90 Å². The number of hydrogen-bond donors (Lipinski definition) is 0. The third kappa shape index (κ3) is 2.94. The van der Waals surface area contributed by atoms with Crippen molar-refractivity contribution in [2.75, 3.05) is 26.2 Å². The Hall–Kier alpha value is -1.20. The van der Waals surface area contributed by atoms with E-state index in [0.29, 0.717) is 11.7 Å². The van der Waals surface area contributed by atoms with Crippen molar-refractivity contribution >= 4 is 17.5 Å². The molecular formula is C14H19ClN4O. The van der Waals surface area contributed by atoms with Crippen LogP contribution in [-0.4, -0.2) is 57.9 Å². The van der Waals surface area contributed by atoms with Gasteiger partial charge >= 0.3 is 0 Å². The van der Waals surface area contributed by atoms with Gasteiger partial charge in [-0.2, -0.15) is 0 Å². The van der Waals surface area contributed by atoms with Crippen LogP contribution in [0.15, 0.2) is 12.4 Å². The molecule has 0 bridgehead atoms. The number of piperidine rings is 1. The van der Waals surface area contributed by atoms with Crippen molar-refractivity contribution in [1.82, 2.24) is 19.8 Å². The van der Waals surface area contributed by atoms with Gasteiger partial charge in [-0.25, -0.2) is 4.98 Å². The summed E-state index contributed by atoms with van der Waals surface area (Å²) < 4.78 is 0. The lowest BCUT2D eigenvalue weighted by atomic mass is 10.0. The van der Waals surface area contributed by atoms with E-state index in [2.05, 4.69) is 14.9 Å². The van der Waals surface area contributed by atoms with Crippen LogP contribution in [0.1, 0.15) is 36.2 Å². The summed E-state index contributed by atoms with van der Waals surface area (Å²) in [5.41, 5.74) is 0.347. The van der Waals surface area contributed by atoms with Gasteiger partial charge in [0.25, 0.3) is 5.91 Å². The molecule has 1 unspecified atom stereocenters. The fourth-order valence-electron chi connectivity index (χ4n) is 3.15. The molecule has 0 aliphatic carbocycles. The van der Waals surface area contributed by atoms with Gasteiger partial charge in [0.1, 0.15) is 10.8 Å². The lowest BCUT2D eigenvalue weighted by molar-refractivity contribution is 0.0602. The Labute approximate surface area is 123 Å². The molecule has 0 N–H and O–H groups in total. The van der Waals surface area contributed by atoms with Gasteiger partial charge in [-0.05, 0) is 38.8 Å². The highest BCUT2D eigenvalue weighted by Gasteiger charge is 2.30. The monoisotopic (exact) mass is 294 g/mol. The standard InChI is InChI=1S/C14H19ClN4O/c15-13-9-16-8-12(17-13)14(20)19-7-3-4-11(10-19)18-5-1-2-6-18/h8-9,11H,1-7,10H2. The molecular weight excluding hydrogens is 276 g/mol. The predicted molar refractivity (Wildman–Crippen MR) is 76.8 cm³/mol. The number of amides is 1. The Balaban J connectivity index is 1.68. The van der Waals surface area contributed by atoms with Crippen molar-refractivity contribution in [3.63, 3.8) is 0 Å². The average molecular weight is 295 g/mol. The van der Waals surface area contributed by atoms with Crippen LogP contribution in [0.2, 0.25) is 5.15 Å². The third-order valence-electron chi connectivity index (χ3n) is 4.17. The molecule has 3 heterocycles. The van der Waals surface area contributed by atoms with Crippen molar-refractivity contribution in [2.45, 2.75) is 31.7 Å². The van der Waals surface area contributed by atoms with Crippen LogP contribution in [0.4, 0.5) is 0 Å². The molecule has 5 nitrogen and oxygen atoms in total. The third-order valence-corrected chi connectivity index (χ3v) is 4.35. The zero-order chi connectivity index (χ0) is 13.9. The quantitative estimate of drug-likeness (QED) is 0.835. The van der Waals surface area contributed by atoms with Gasteiger partial charge in [0.05, 0.1) is 12.4 Å². The van der Waals surface area contributed by atoms with Gasteiger partial charge in [0.2, 0.25) is 0 Å². The fraction of sp³-hybridized carbons (Fsp3) is 0.643. The molecule has 3 rings (SSSR count). The lowest BCUT2D eigenvalue weighted by Gasteiger charge is -2.37. The van der Waals surface area contributed by atoms with Crippen molar-refractivity contribution in [3.8, 4) is 0 Å². The highest BCUT2D eigenvalue weighted by molar-refractivity contribution is 6.29. The summed E-state index contributed by atoms with van der Waals surface area (Å²) in [4.78, 5) is 24.9. The molecule has 0 aromatic carbocycles. The van der Waals surface area contributed by atoms with E-state index < -0.39 is 0 Å².